The topological polar surface area (TPSA) is 57.6 Å². The summed E-state index contributed by atoms with van der Waals surface area (Å²) < 4.78 is 0. The fourth-order valence-electron chi connectivity index (χ4n) is 1.79. The highest BCUT2D eigenvalue weighted by molar-refractivity contribution is 5.85. The van der Waals surface area contributed by atoms with E-state index in [-0.39, 0.29) is 5.91 Å². The van der Waals surface area contributed by atoms with Crippen LogP contribution in [0.15, 0.2) is 11.6 Å². The highest BCUT2D eigenvalue weighted by atomic mass is 16.4. The van der Waals surface area contributed by atoms with E-state index in [1.54, 1.807) is 13.0 Å². The van der Waals surface area contributed by atoms with Crippen LogP contribution in [0.2, 0.25) is 0 Å². The lowest BCUT2D eigenvalue weighted by Gasteiger charge is -2.14. The Labute approximate surface area is 95.9 Å². The van der Waals surface area contributed by atoms with Gasteiger partial charge in [0, 0.05) is 25.1 Å². The zero-order chi connectivity index (χ0) is 12.0. The predicted molar refractivity (Wildman–Crippen MR) is 61.1 cm³/mol. The van der Waals surface area contributed by atoms with Crippen molar-refractivity contribution in [3.8, 4) is 0 Å². The minimum absolute atomic E-state index is 0.261. The summed E-state index contributed by atoms with van der Waals surface area (Å²) in [5, 5.41) is 8.62. The lowest BCUT2D eigenvalue weighted by Crippen LogP contribution is -2.25. The summed E-state index contributed by atoms with van der Waals surface area (Å²) in [7, 11) is 0. The number of unbranched alkanes of at least 4 members (excludes halogenated alkanes) is 2. The molecule has 0 aromatic rings. The van der Waals surface area contributed by atoms with Gasteiger partial charge >= 0.3 is 5.97 Å². The molecule has 0 saturated carbocycles. The highest BCUT2D eigenvalue weighted by Crippen LogP contribution is 2.11. The largest absolute Gasteiger partial charge is 0.478 e. The standard InChI is InChI=1S/C12H19NO3/c1-10(12(15)16)6-3-2-4-8-13-9-5-7-11(13)14/h6H,2-5,7-9H2,1H3,(H,15,16). The number of hydrogen-bond donors (Lipinski definition) is 1. The smallest absolute Gasteiger partial charge is 0.330 e. The molecule has 1 aliphatic heterocycles. The van der Waals surface area contributed by atoms with E-state index in [9.17, 15) is 9.59 Å². The van der Waals surface area contributed by atoms with Crippen molar-refractivity contribution >= 4 is 11.9 Å². The third-order valence-electron chi connectivity index (χ3n) is 2.84. The molecule has 1 amide bonds. The molecule has 0 radical (unpaired) electrons. The predicted octanol–water partition coefficient (Wildman–Crippen LogP) is 1.81. The van der Waals surface area contributed by atoms with Crippen LogP contribution in [0.25, 0.3) is 0 Å². The number of carbonyl (C=O) groups excluding carboxylic acids is 1. The average Bonchev–Trinajstić information content (AvgIpc) is 2.63. The molecular formula is C12H19NO3. The molecule has 1 N–H and O–H groups in total. The van der Waals surface area contributed by atoms with Crippen molar-refractivity contribution < 1.29 is 14.7 Å². The maximum Gasteiger partial charge on any atom is 0.330 e. The fourth-order valence-corrected chi connectivity index (χ4v) is 1.79. The number of carbonyl (C=O) groups is 2. The maximum atomic E-state index is 11.3. The zero-order valence-corrected chi connectivity index (χ0v) is 9.74. The highest BCUT2D eigenvalue weighted by Gasteiger charge is 2.18. The Morgan fingerprint density at radius 3 is 2.81 bits per heavy atom. The van der Waals surface area contributed by atoms with Gasteiger partial charge in [0.2, 0.25) is 5.91 Å². The SMILES string of the molecule is CC(=CCCCCN1CCCC1=O)C(=O)O. The molecule has 0 bridgehead atoms. The monoisotopic (exact) mass is 225 g/mol. The van der Waals surface area contributed by atoms with Crippen LogP contribution >= 0.6 is 0 Å². The Morgan fingerprint density at radius 1 is 1.50 bits per heavy atom. The molecule has 4 heteroatoms. The molecule has 90 valence electrons. The number of hydrogen-bond acceptors (Lipinski definition) is 2. The fraction of sp³-hybridized carbons (Fsp3) is 0.667. The second kappa shape index (κ2) is 6.30. The summed E-state index contributed by atoms with van der Waals surface area (Å²) in [4.78, 5) is 23.7. The van der Waals surface area contributed by atoms with E-state index in [1.807, 2.05) is 4.90 Å². The van der Waals surface area contributed by atoms with E-state index in [0.717, 1.165) is 38.8 Å². The Morgan fingerprint density at radius 2 is 2.25 bits per heavy atom. The van der Waals surface area contributed by atoms with Crippen molar-refractivity contribution in [2.45, 2.75) is 39.0 Å². The quantitative estimate of drug-likeness (QED) is 0.554. The summed E-state index contributed by atoms with van der Waals surface area (Å²) in [5.41, 5.74) is 0.400. The van der Waals surface area contributed by atoms with Gasteiger partial charge < -0.3 is 10.0 Å². The van der Waals surface area contributed by atoms with Crippen molar-refractivity contribution in [2.75, 3.05) is 13.1 Å². The maximum absolute atomic E-state index is 11.3. The molecule has 0 spiro atoms. The first-order chi connectivity index (χ1) is 7.61. The lowest BCUT2D eigenvalue weighted by molar-refractivity contribution is -0.132. The van der Waals surface area contributed by atoms with E-state index >= 15 is 0 Å². The Bertz CT molecular complexity index is 297. The minimum Gasteiger partial charge on any atom is -0.478 e. The summed E-state index contributed by atoms with van der Waals surface area (Å²) in [6.07, 6.45) is 6.09. The molecular weight excluding hydrogens is 206 g/mol. The van der Waals surface area contributed by atoms with Crippen LogP contribution in [0.5, 0.6) is 0 Å². The van der Waals surface area contributed by atoms with Crippen LogP contribution in [0.1, 0.15) is 39.0 Å². The van der Waals surface area contributed by atoms with Crippen molar-refractivity contribution in [3.05, 3.63) is 11.6 Å². The van der Waals surface area contributed by atoms with Crippen LogP contribution < -0.4 is 0 Å². The Balaban J connectivity index is 2.10. The number of carboxylic acid groups (broad SMARTS) is 1. The van der Waals surface area contributed by atoms with Crippen molar-refractivity contribution in [3.63, 3.8) is 0 Å². The lowest BCUT2D eigenvalue weighted by atomic mass is 10.2. The van der Waals surface area contributed by atoms with Crippen LogP contribution in [0.3, 0.4) is 0 Å². The van der Waals surface area contributed by atoms with Crippen LogP contribution in [-0.4, -0.2) is 35.0 Å². The van der Waals surface area contributed by atoms with Gasteiger partial charge in [-0.25, -0.2) is 4.79 Å². The van der Waals surface area contributed by atoms with Crippen molar-refractivity contribution in [2.24, 2.45) is 0 Å². The Hall–Kier alpha value is -1.32. The number of allylic oxidation sites excluding steroid dienone is 1. The van der Waals surface area contributed by atoms with Gasteiger partial charge in [0.25, 0.3) is 0 Å². The second-order valence-electron chi connectivity index (χ2n) is 4.17. The first-order valence-corrected chi connectivity index (χ1v) is 5.79. The number of carboxylic acids is 1. The number of nitrogens with zero attached hydrogens (tertiary/aromatic N) is 1. The summed E-state index contributed by atoms with van der Waals surface area (Å²) in [6.45, 7) is 3.31. The molecule has 4 nitrogen and oxygen atoms in total. The van der Waals surface area contributed by atoms with Crippen LogP contribution in [0.4, 0.5) is 0 Å². The van der Waals surface area contributed by atoms with Gasteiger partial charge in [0.05, 0.1) is 0 Å². The number of rotatable bonds is 6. The van der Waals surface area contributed by atoms with Gasteiger partial charge in [-0.15, -0.1) is 0 Å². The Kier molecular flexibility index (Phi) is 5.02. The molecule has 0 atom stereocenters. The average molecular weight is 225 g/mol. The van der Waals surface area contributed by atoms with E-state index < -0.39 is 5.97 Å². The van der Waals surface area contributed by atoms with Crippen molar-refractivity contribution in [1.82, 2.24) is 4.90 Å². The van der Waals surface area contributed by atoms with Gasteiger partial charge in [0.15, 0.2) is 0 Å². The van der Waals surface area contributed by atoms with E-state index in [4.69, 9.17) is 5.11 Å². The first kappa shape index (κ1) is 12.7. The summed E-state index contributed by atoms with van der Waals surface area (Å²) >= 11 is 0. The van der Waals surface area contributed by atoms with Gasteiger partial charge in [-0.2, -0.15) is 0 Å². The second-order valence-corrected chi connectivity index (χ2v) is 4.17. The van der Waals surface area contributed by atoms with Crippen molar-refractivity contribution in [1.29, 1.82) is 0 Å². The normalized spacial score (nSPS) is 16.9. The summed E-state index contributed by atoms with van der Waals surface area (Å²) in [6, 6.07) is 0. The molecule has 16 heavy (non-hydrogen) atoms. The van der Waals surface area contributed by atoms with E-state index in [2.05, 4.69) is 0 Å². The van der Waals surface area contributed by atoms with Gasteiger partial charge in [-0.1, -0.05) is 6.08 Å². The molecule has 1 aliphatic rings. The third kappa shape index (κ3) is 4.04. The molecule has 0 aromatic carbocycles. The van der Waals surface area contributed by atoms with Gasteiger partial charge in [-0.3, -0.25) is 4.79 Å². The molecule has 0 aromatic heterocycles. The van der Waals surface area contributed by atoms with Gasteiger partial charge in [0.1, 0.15) is 0 Å². The molecule has 1 saturated heterocycles. The summed E-state index contributed by atoms with van der Waals surface area (Å²) in [5.74, 6) is -0.591. The molecule has 0 aliphatic carbocycles. The van der Waals surface area contributed by atoms with Crippen LogP contribution in [-0.2, 0) is 9.59 Å². The molecule has 1 rings (SSSR count). The molecule has 1 fully saturated rings. The van der Waals surface area contributed by atoms with E-state index in [0.29, 0.717) is 12.0 Å². The molecule has 1 heterocycles. The first-order valence-electron chi connectivity index (χ1n) is 5.79. The zero-order valence-electron chi connectivity index (χ0n) is 9.74. The number of amides is 1. The minimum atomic E-state index is -0.852. The van der Waals surface area contributed by atoms with E-state index in [1.165, 1.54) is 0 Å². The van der Waals surface area contributed by atoms with Gasteiger partial charge in [-0.05, 0) is 32.6 Å². The number of aliphatic carboxylic acids is 1. The molecule has 0 unspecified atom stereocenters. The third-order valence-corrected chi connectivity index (χ3v) is 2.84. The van der Waals surface area contributed by atoms with Crippen LogP contribution in [0, 0.1) is 0 Å². The number of likely N-dealkylation sites (tertiary alicyclic amines) is 1.